The van der Waals surface area contributed by atoms with Crippen molar-refractivity contribution in [1.82, 2.24) is 4.98 Å². The van der Waals surface area contributed by atoms with Crippen molar-refractivity contribution in [2.75, 3.05) is 6.26 Å². The SMILES string of the molecule is CS(=O)(=O)C1CCCC(C(N)c2cncs2)C1. The van der Waals surface area contributed by atoms with Gasteiger partial charge in [0.05, 0.1) is 10.8 Å². The highest BCUT2D eigenvalue weighted by atomic mass is 32.2. The Kier molecular flexibility index (Phi) is 3.85. The van der Waals surface area contributed by atoms with Crippen LogP contribution in [0.4, 0.5) is 0 Å². The molecule has 2 N–H and O–H groups in total. The van der Waals surface area contributed by atoms with Crippen molar-refractivity contribution >= 4 is 21.2 Å². The van der Waals surface area contributed by atoms with E-state index < -0.39 is 9.84 Å². The highest BCUT2D eigenvalue weighted by molar-refractivity contribution is 7.91. The Morgan fingerprint density at radius 1 is 1.53 bits per heavy atom. The number of hydrogen-bond acceptors (Lipinski definition) is 5. The molecule has 3 atom stereocenters. The van der Waals surface area contributed by atoms with Crippen LogP contribution in [0.15, 0.2) is 11.7 Å². The fourth-order valence-electron chi connectivity index (χ4n) is 2.52. The molecule has 17 heavy (non-hydrogen) atoms. The number of aromatic nitrogens is 1. The molecule has 1 aliphatic carbocycles. The summed E-state index contributed by atoms with van der Waals surface area (Å²) in [5, 5.41) is -0.208. The van der Waals surface area contributed by atoms with Crippen LogP contribution in [0.3, 0.4) is 0 Å². The van der Waals surface area contributed by atoms with Gasteiger partial charge in [0.15, 0.2) is 0 Å². The lowest BCUT2D eigenvalue weighted by Gasteiger charge is -2.31. The van der Waals surface area contributed by atoms with Gasteiger partial charge >= 0.3 is 0 Å². The number of nitrogens with two attached hydrogens (primary N) is 1. The summed E-state index contributed by atoms with van der Waals surface area (Å²) in [5.41, 5.74) is 7.97. The van der Waals surface area contributed by atoms with Crippen LogP contribution in [0.1, 0.15) is 36.6 Å². The average molecular weight is 274 g/mol. The number of thiazole rings is 1. The number of rotatable bonds is 3. The van der Waals surface area contributed by atoms with E-state index >= 15 is 0 Å². The van der Waals surface area contributed by atoms with Gasteiger partial charge in [-0.15, -0.1) is 11.3 Å². The fraction of sp³-hybridized carbons (Fsp3) is 0.727. The largest absolute Gasteiger partial charge is 0.323 e. The van der Waals surface area contributed by atoms with Crippen LogP contribution < -0.4 is 5.73 Å². The van der Waals surface area contributed by atoms with Crippen LogP contribution >= 0.6 is 11.3 Å². The molecule has 1 aromatic rings. The third kappa shape index (κ3) is 3.05. The van der Waals surface area contributed by atoms with Gasteiger partial charge in [0, 0.05) is 23.4 Å². The van der Waals surface area contributed by atoms with Gasteiger partial charge in [-0.05, 0) is 25.2 Å². The van der Waals surface area contributed by atoms with Crippen molar-refractivity contribution in [1.29, 1.82) is 0 Å². The lowest BCUT2D eigenvalue weighted by atomic mass is 9.83. The van der Waals surface area contributed by atoms with E-state index in [9.17, 15) is 8.42 Å². The minimum atomic E-state index is -2.93. The lowest BCUT2D eigenvalue weighted by molar-refractivity contribution is 0.311. The molecular weight excluding hydrogens is 256 g/mol. The number of hydrogen-bond donors (Lipinski definition) is 1. The van der Waals surface area contributed by atoms with Gasteiger partial charge in [-0.2, -0.15) is 0 Å². The maximum Gasteiger partial charge on any atom is 0.150 e. The van der Waals surface area contributed by atoms with Crippen LogP contribution in [-0.4, -0.2) is 24.9 Å². The van der Waals surface area contributed by atoms with E-state index in [1.807, 2.05) is 0 Å². The van der Waals surface area contributed by atoms with E-state index in [4.69, 9.17) is 5.73 Å². The Balaban J connectivity index is 2.07. The van der Waals surface area contributed by atoms with Gasteiger partial charge in [-0.25, -0.2) is 8.42 Å². The molecule has 1 aromatic heterocycles. The smallest absolute Gasteiger partial charge is 0.150 e. The zero-order valence-electron chi connectivity index (χ0n) is 9.87. The van der Waals surface area contributed by atoms with Crippen LogP contribution in [0.5, 0.6) is 0 Å². The normalized spacial score (nSPS) is 27.9. The second-order valence-corrected chi connectivity index (χ2v) is 8.05. The summed E-state index contributed by atoms with van der Waals surface area (Å²) in [6, 6.07) is -0.0629. The van der Waals surface area contributed by atoms with Crippen molar-refractivity contribution in [2.24, 2.45) is 11.7 Å². The summed E-state index contributed by atoms with van der Waals surface area (Å²) >= 11 is 1.55. The molecule has 3 unspecified atom stereocenters. The Labute approximate surface area is 106 Å². The number of sulfone groups is 1. The maximum absolute atomic E-state index is 11.6. The zero-order valence-corrected chi connectivity index (χ0v) is 11.5. The molecule has 0 aliphatic heterocycles. The van der Waals surface area contributed by atoms with Gasteiger partial charge in [0.1, 0.15) is 9.84 Å². The molecule has 1 saturated carbocycles. The van der Waals surface area contributed by atoms with E-state index in [1.54, 1.807) is 23.0 Å². The minimum Gasteiger partial charge on any atom is -0.323 e. The second-order valence-electron chi connectivity index (χ2n) is 4.81. The molecule has 96 valence electrons. The second kappa shape index (κ2) is 5.04. The quantitative estimate of drug-likeness (QED) is 0.911. The zero-order chi connectivity index (χ0) is 12.5. The van der Waals surface area contributed by atoms with Gasteiger partial charge in [0.2, 0.25) is 0 Å². The molecule has 0 radical (unpaired) electrons. The van der Waals surface area contributed by atoms with Gasteiger partial charge in [-0.1, -0.05) is 6.42 Å². The molecule has 1 aliphatic rings. The standard InChI is InChI=1S/C11H18N2O2S2/c1-17(14,15)9-4-2-3-8(5-9)11(12)10-6-13-7-16-10/h6-9,11H,2-5,12H2,1H3. The fourth-order valence-corrected chi connectivity index (χ4v) is 4.43. The predicted octanol–water partition coefficient (Wildman–Crippen LogP) is 1.75. The molecule has 0 spiro atoms. The van der Waals surface area contributed by atoms with E-state index in [0.717, 1.165) is 24.1 Å². The molecule has 4 nitrogen and oxygen atoms in total. The Morgan fingerprint density at radius 3 is 2.88 bits per heavy atom. The summed E-state index contributed by atoms with van der Waals surface area (Å²) in [6.07, 6.45) is 6.57. The number of nitrogens with zero attached hydrogens (tertiary/aromatic N) is 1. The molecular formula is C11H18N2O2S2. The summed E-state index contributed by atoms with van der Waals surface area (Å²) < 4.78 is 23.2. The predicted molar refractivity (Wildman–Crippen MR) is 69.6 cm³/mol. The first-order valence-corrected chi connectivity index (χ1v) is 8.64. The third-order valence-corrected chi connectivity index (χ3v) is 6.08. The van der Waals surface area contributed by atoms with E-state index in [1.165, 1.54) is 6.26 Å². The molecule has 0 aromatic carbocycles. The summed E-state index contributed by atoms with van der Waals surface area (Å²) in [7, 11) is -2.93. The third-order valence-electron chi connectivity index (χ3n) is 3.56. The molecule has 6 heteroatoms. The molecule has 0 saturated heterocycles. The monoisotopic (exact) mass is 274 g/mol. The lowest BCUT2D eigenvalue weighted by Crippen LogP contribution is -2.32. The van der Waals surface area contributed by atoms with Crippen molar-refractivity contribution in [2.45, 2.75) is 37.0 Å². The van der Waals surface area contributed by atoms with Gasteiger partial charge in [0.25, 0.3) is 0 Å². The molecule has 1 heterocycles. The van der Waals surface area contributed by atoms with Crippen LogP contribution in [0, 0.1) is 5.92 Å². The van der Waals surface area contributed by atoms with Crippen molar-refractivity contribution in [3.63, 3.8) is 0 Å². The Bertz CT molecular complexity index is 456. The van der Waals surface area contributed by atoms with Crippen molar-refractivity contribution in [3.8, 4) is 0 Å². The summed E-state index contributed by atoms with van der Waals surface area (Å²) in [4.78, 5) is 5.09. The van der Waals surface area contributed by atoms with Crippen molar-refractivity contribution in [3.05, 3.63) is 16.6 Å². The van der Waals surface area contributed by atoms with Crippen LogP contribution in [-0.2, 0) is 9.84 Å². The topological polar surface area (TPSA) is 73.0 Å². The highest BCUT2D eigenvalue weighted by Gasteiger charge is 2.32. The Morgan fingerprint density at radius 2 is 2.29 bits per heavy atom. The highest BCUT2D eigenvalue weighted by Crippen LogP contribution is 2.36. The first kappa shape index (κ1) is 13.0. The Hall–Kier alpha value is -0.460. The maximum atomic E-state index is 11.6. The average Bonchev–Trinajstić information content (AvgIpc) is 2.80. The van der Waals surface area contributed by atoms with Crippen LogP contribution in [0.25, 0.3) is 0 Å². The molecule has 0 amide bonds. The minimum absolute atomic E-state index is 0.0629. The first-order valence-electron chi connectivity index (χ1n) is 5.81. The molecule has 0 bridgehead atoms. The van der Waals surface area contributed by atoms with E-state index in [-0.39, 0.29) is 17.2 Å². The van der Waals surface area contributed by atoms with E-state index in [0.29, 0.717) is 6.42 Å². The van der Waals surface area contributed by atoms with Gasteiger partial charge < -0.3 is 5.73 Å². The molecule has 1 fully saturated rings. The molecule has 2 rings (SSSR count). The summed E-state index contributed by atoms with van der Waals surface area (Å²) in [5.74, 6) is 0.268. The van der Waals surface area contributed by atoms with Gasteiger partial charge in [-0.3, -0.25) is 4.98 Å². The van der Waals surface area contributed by atoms with Crippen LogP contribution in [0.2, 0.25) is 0 Å². The van der Waals surface area contributed by atoms with E-state index in [2.05, 4.69) is 4.98 Å². The van der Waals surface area contributed by atoms with Crippen molar-refractivity contribution < 1.29 is 8.42 Å². The summed E-state index contributed by atoms with van der Waals surface area (Å²) in [6.45, 7) is 0. The first-order chi connectivity index (χ1) is 7.98.